The number of quaternary nitrogens is 1. The lowest BCUT2D eigenvalue weighted by Crippen LogP contribution is -2.54. The normalized spacial score (nSPS) is 15.3. The van der Waals surface area contributed by atoms with E-state index in [0.29, 0.717) is 13.1 Å². The quantitative estimate of drug-likeness (QED) is 0.424. The molecule has 0 unspecified atom stereocenters. The zero-order valence-electron chi connectivity index (χ0n) is 21.9. The van der Waals surface area contributed by atoms with Gasteiger partial charge in [0.2, 0.25) is 0 Å². The molecule has 0 atom stereocenters. The molecule has 1 fully saturated rings. The lowest BCUT2D eigenvalue weighted by atomic mass is 10.0. The molecule has 0 spiro atoms. The van der Waals surface area contributed by atoms with Crippen LogP contribution in [0.4, 0.5) is 16.2 Å². The fraction of sp³-hybridized carbons (Fsp3) is 0.517. The molecule has 0 aliphatic carbocycles. The molecular weight excluding hydrogens is 438 g/mol. The number of carbonyl (C=O) groups excluding carboxylic acids is 2. The van der Waals surface area contributed by atoms with E-state index in [0.717, 1.165) is 61.2 Å². The van der Waals surface area contributed by atoms with Crippen LogP contribution in [0.5, 0.6) is 0 Å². The highest BCUT2D eigenvalue weighted by Gasteiger charge is 2.33. The molecule has 2 aromatic rings. The van der Waals surface area contributed by atoms with Gasteiger partial charge in [-0.3, -0.25) is 9.69 Å². The third-order valence-corrected chi connectivity index (χ3v) is 6.42. The van der Waals surface area contributed by atoms with Gasteiger partial charge in [0.05, 0.1) is 13.1 Å². The predicted molar refractivity (Wildman–Crippen MR) is 142 cm³/mol. The highest BCUT2D eigenvalue weighted by Crippen LogP contribution is 2.24. The van der Waals surface area contributed by atoms with E-state index in [4.69, 9.17) is 4.74 Å². The van der Waals surface area contributed by atoms with Crippen LogP contribution in [0.3, 0.4) is 0 Å². The van der Waals surface area contributed by atoms with E-state index >= 15 is 0 Å². The standard InChI is InChI=1S/C29H41N3O3/c1-5-6-19-31(28(34)35-29(2,3)4)26-17-15-25(16-18-26)30-27(33)23-32(20-11-8-12-21-32)22-24-13-9-7-10-14-24/h7,9-10,13-18H,5-6,8,11-12,19-23H2,1-4H3/p+1. The molecule has 1 aliphatic rings. The Hall–Kier alpha value is -2.86. The Morgan fingerprint density at radius 1 is 0.971 bits per heavy atom. The molecule has 2 amide bonds. The van der Waals surface area contributed by atoms with Gasteiger partial charge in [-0.1, -0.05) is 43.7 Å². The van der Waals surface area contributed by atoms with Crippen LogP contribution in [-0.2, 0) is 16.1 Å². The number of benzene rings is 2. The van der Waals surface area contributed by atoms with Gasteiger partial charge >= 0.3 is 6.09 Å². The first-order valence-corrected chi connectivity index (χ1v) is 13.0. The first-order chi connectivity index (χ1) is 16.7. The second kappa shape index (κ2) is 12.2. The summed E-state index contributed by atoms with van der Waals surface area (Å²) >= 11 is 0. The number of nitrogens with one attached hydrogen (secondary N) is 1. The third-order valence-electron chi connectivity index (χ3n) is 6.42. The Balaban J connectivity index is 1.67. The highest BCUT2D eigenvalue weighted by atomic mass is 16.6. The average molecular weight is 481 g/mol. The van der Waals surface area contributed by atoms with E-state index in [1.54, 1.807) is 4.90 Å². The molecule has 1 saturated heterocycles. The summed E-state index contributed by atoms with van der Waals surface area (Å²) in [5, 5.41) is 3.09. The van der Waals surface area contributed by atoms with Crippen LogP contribution in [0.1, 0.15) is 65.4 Å². The molecule has 6 heteroatoms. The van der Waals surface area contributed by atoms with Gasteiger partial charge in [0, 0.05) is 23.5 Å². The molecule has 0 saturated carbocycles. The minimum Gasteiger partial charge on any atom is -0.443 e. The molecular formula is C29H42N3O3+. The van der Waals surface area contributed by atoms with E-state index in [9.17, 15) is 9.59 Å². The van der Waals surface area contributed by atoms with Gasteiger partial charge in [-0.05, 0) is 70.7 Å². The number of piperidine rings is 1. The molecule has 6 nitrogen and oxygen atoms in total. The Morgan fingerprint density at radius 2 is 1.63 bits per heavy atom. The lowest BCUT2D eigenvalue weighted by Gasteiger charge is -2.41. The molecule has 0 aromatic heterocycles. The number of hydrogen-bond acceptors (Lipinski definition) is 3. The summed E-state index contributed by atoms with van der Waals surface area (Å²) in [7, 11) is 0. The molecule has 2 aromatic carbocycles. The van der Waals surface area contributed by atoms with Crippen molar-refractivity contribution >= 4 is 23.4 Å². The van der Waals surface area contributed by atoms with Gasteiger partial charge in [0.25, 0.3) is 5.91 Å². The first-order valence-electron chi connectivity index (χ1n) is 13.0. The lowest BCUT2D eigenvalue weighted by molar-refractivity contribution is -0.937. The summed E-state index contributed by atoms with van der Waals surface area (Å²) in [6.45, 7) is 11.7. The summed E-state index contributed by atoms with van der Waals surface area (Å²) < 4.78 is 6.41. The maximum atomic E-state index is 13.1. The van der Waals surface area contributed by atoms with Crippen LogP contribution >= 0.6 is 0 Å². The zero-order chi connectivity index (χ0) is 25.3. The fourth-order valence-electron chi connectivity index (χ4n) is 4.71. The van der Waals surface area contributed by atoms with Crippen LogP contribution in [-0.4, -0.2) is 48.3 Å². The van der Waals surface area contributed by atoms with E-state index in [2.05, 4.69) is 36.5 Å². The van der Waals surface area contributed by atoms with Crippen LogP contribution in [0, 0.1) is 0 Å². The monoisotopic (exact) mass is 480 g/mol. The van der Waals surface area contributed by atoms with Crippen molar-refractivity contribution in [2.75, 3.05) is 36.4 Å². The first kappa shape index (κ1) is 26.7. The average Bonchev–Trinajstić information content (AvgIpc) is 2.80. The molecule has 1 aliphatic heterocycles. The van der Waals surface area contributed by atoms with Crippen LogP contribution in [0.15, 0.2) is 54.6 Å². The Morgan fingerprint density at radius 3 is 2.23 bits per heavy atom. The second-order valence-electron chi connectivity index (χ2n) is 10.7. The Kier molecular flexibility index (Phi) is 9.33. The molecule has 3 rings (SSSR count). The maximum Gasteiger partial charge on any atom is 0.414 e. The van der Waals surface area contributed by atoms with E-state index < -0.39 is 5.60 Å². The van der Waals surface area contributed by atoms with Crippen LogP contribution < -0.4 is 10.2 Å². The van der Waals surface area contributed by atoms with Gasteiger partial charge in [0.15, 0.2) is 6.54 Å². The highest BCUT2D eigenvalue weighted by molar-refractivity contribution is 5.92. The van der Waals surface area contributed by atoms with E-state index in [1.165, 1.54) is 12.0 Å². The van der Waals surface area contributed by atoms with Crippen molar-refractivity contribution in [3.8, 4) is 0 Å². The smallest absolute Gasteiger partial charge is 0.414 e. The number of ether oxygens (including phenoxy) is 1. The summed E-state index contributed by atoms with van der Waals surface area (Å²) in [4.78, 5) is 27.5. The van der Waals surface area contributed by atoms with Crippen LogP contribution in [0.2, 0.25) is 0 Å². The molecule has 0 bridgehead atoms. The predicted octanol–water partition coefficient (Wildman–Crippen LogP) is 6.37. The molecule has 35 heavy (non-hydrogen) atoms. The zero-order valence-corrected chi connectivity index (χ0v) is 21.9. The van der Waals surface area contributed by atoms with Gasteiger partial charge in [-0.15, -0.1) is 0 Å². The molecule has 1 N–H and O–H groups in total. The second-order valence-corrected chi connectivity index (χ2v) is 10.7. The van der Waals surface area contributed by atoms with Crippen molar-refractivity contribution in [3.05, 3.63) is 60.2 Å². The number of nitrogens with zero attached hydrogens (tertiary/aromatic N) is 2. The SMILES string of the molecule is CCCCN(C(=O)OC(C)(C)C)c1ccc(NC(=O)C[N+]2(Cc3ccccc3)CCCCC2)cc1. The third kappa shape index (κ3) is 8.39. The van der Waals surface area contributed by atoms with Crippen molar-refractivity contribution < 1.29 is 18.8 Å². The summed E-state index contributed by atoms with van der Waals surface area (Å²) in [6.07, 6.45) is 5.08. The van der Waals surface area contributed by atoms with Gasteiger partial charge in [-0.25, -0.2) is 4.79 Å². The summed E-state index contributed by atoms with van der Waals surface area (Å²) in [5.74, 6) is 0.0329. The Bertz CT molecular complexity index is 945. The van der Waals surface area contributed by atoms with Crippen molar-refractivity contribution in [3.63, 3.8) is 0 Å². The number of carbonyl (C=O) groups is 2. The fourth-order valence-corrected chi connectivity index (χ4v) is 4.71. The minimum absolute atomic E-state index is 0.0329. The van der Waals surface area contributed by atoms with Crippen molar-refractivity contribution in [2.24, 2.45) is 0 Å². The number of amides is 2. The van der Waals surface area contributed by atoms with Crippen molar-refractivity contribution in [1.29, 1.82) is 0 Å². The minimum atomic E-state index is -0.553. The molecule has 190 valence electrons. The number of anilines is 2. The van der Waals surface area contributed by atoms with E-state index in [1.807, 2.05) is 51.1 Å². The summed E-state index contributed by atoms with van der Waals surface area (Å²) in [6, 6.07) is 18.0. The number of unbranched alkanes of at least 4 members (excludes halogenated alkanes) is 1. The van der Waals surface area contributed by atoms with Crippen molar-refractivity contribution in [1.82, 2.24) is 0 Å². The van der Waals surface area contributed by atoms with Gasteiger partial charge < -0.3 is 14.5 Å². The van der Waals surface area contributed by atoms with E-state index in [-0.39, 0.29) is 12.0 Å². The molecule has 1 heterocycles. The topological polar surface area (TPSA) is 58.6 Å². The Labute approximate surface area is 210 Å². The number of likely N-dealkylation sites (tertiary alicyclic amines) is 1. The summed E-state index contributed by atoms with van der Waals surface area (Å²) in [5.41, 5.74) is 2.24. The molecule has 0 radical (unpaired) electrons. The number of rotatable bonds is 9. The number of hydrogen-bond donors (Lipinski definition) is 1. The van der Waals surface area contributed by atoms with Crippen molar-refractivity contribution in [2.45, 2.75) is 71.9 Å². The largest absolute Gasteiger partial charge is 0.443 e. The van der Waals surface area contributed by atoms with Gasteiger partial charge in [-0.2, -0.15) is 0 Å². The maximum absolute atomic E-state index is 13.1. The van der Waals surface area contributed by atoms with Crippen LogP contribution in [0.25, 0.3) is 0 Å². The van der Waals surface area contributed by atoms with Gasteiger partial charge in [0.1, 0.15) is 12.1 Å².